The Bertz CT molecular complexity index is 699. The normalized spacial score (nSPS) is 18.8. The van der Waals surface area contributed by atoms with Gasteiger partial charge in [-0.15, -0.1) is 0 Å². The molecule has 0 bridgehead atoms. The van der Waals surface area contributed by atoms with Gasteiger partial charge >= 0.3 is 12.0 Å². The molecule has 1 saturated heterocycles. The summed E-state index contributed by atoms with van der Waals surface area (Å²) in [6, 6.07) is 2.63. The average Bonchev–Trinajstić information content (AvgIpc) is 2.85. The van der Waals surface area contributed by atoms with E-state index in [1.807, 2.05) is 13.8 Å². The number of likely N-dealkylation sites (tertiary alicyclic amines) is 1. The fraction of sp³-hybridized carbons (Fsp3) is 0.600. The largest absolute Gasteiger partial charge is 0.480 e. The maximum Gasteiger partial charge on any atom is 0.317 e. The van der Waals surface area contributed by atoms with E-state index >= 15 is 0 Å². The quantitative estimate of drug-likeness (QED) is 0.773. The van der Waals surface area contributed by atoms with Crippen molar-refractivity contribution in [2.45, 2.75) is 45.2 Å². The summed E-state index contributed by atoms with van der Waals surface area (Å²) in [5.74, 6) is -2.28. The molecule has 0 saturated carbocycles. The van der Waals surface area contributed by atoms with Crippen LogP contribution in [-0.2, 0) is 4.79 Å². The predicted octanol–water partition coefficient (Wildman–Crippen LogP) is 3.24. The first-order valence-electron chi connectivity index (χ1n) is 9.61. The van der Waals surface area contributed by atoms with Crippen molar-refractivity contribution >= 4 is 12.0 Å². The Labute approximate surface area is 164 Å². The molecule has 0 spiro atoms. The molecule has 1 aliphatic heterocycles. The van der Waals surface area contributed by atoms with E-state index in [0.29, 0.717) is 19.5 Å². The summed E-state index contributed by atoms with van der Waals surface area (Å²) in [5.41, 5.74) is 0.263. The molecule has 2 amide bonds. The molecule has 1 heterocycles. The molecular formula is C20H29F2N3O3. The second-order valence-electron chi connectivity index (χ2n) is 7.72. The van der Waals surface area contributed by atoms with Gasteiger partial charge in [-0.1, -0.05) is 19.9 Å². The minimum absolute atomic E-state index is 0.0316. The van der Waals surface area contributed by atoms with Crippen molar-refractivity contribution in [2.24, 2.45) is 5.92 Å². The highest BCUT2D eigenvalue weighted by Gasteiger charge is 2.27. The maximum absolute atomic E-state index is 14.2. The van der Waals surface area contributed by atoms with E-state index < -0.39 is 23.6 Å². The zero-order valence-corrected chi connectivity index (χ0v) is 16.6. The van der Waals surface area contributed by atoms with Crippen LogP contribution in [0.4, 0.5) is 13.6 Å². The van der Waals surface area contributed by atoms with Gasteiger partial charge in [0, 0.05) is 30.8 Å². The minimum atomic E-state index is -0.873. The fourth-order valence-electron chi connectivity index (χ4n) is 3.65. The Kier molecular flexibility index (Phi) is 7.74. The molecular weight excluding hydrogens is 368 g/mol. The van der Waals surface area contributed by atoms with E-state index in [2.05, 4.69) is 5.32 Å². The van der Waals surface area contributed by atoms with Crippen LogP contribution in [0, 0.1) is 17.6 Å². The van der Waals surface area contributed by atoms with Gasteiger partial charge in [-0.3, -0.25) is 9.69 Å². The van der Waals surface area contributed by atoms with Crippen LogP contribution in [-0.4, -0.2) is 59.6 Å². The Hall–Kier alpha value is -2.22. The molecule has 1 aromatic carbocycles. The second-order valence-corrected chi connectivity index (χ2v) is 7.72. The highest BCUT2D eigenvalue weighted by atomic mass is 19.1. The molecule has 156 valence electrons. The van der Waals surface area contributed by atoms with Gasteiger partial charge in [-0.2, -0.15) is 0 Å². The fourth-order valence-corrected chi connectivity index (χ4v) is 3.65. The first kappa shape index (κ1) is 22.1. The molecule has 2 unspecified atom stereocenters. The van der Waals surface area contributed by atoms with Gasteiger partial charge in [0.15, 0.2) is 0 Å². The van der Waals surface area contributed by atoms with Crippen LogP contribution < -0.4 is 5.32 Å². The number of hydrogen-bond donors (Lipinski definition) is 2. The molecule has 28 heavy (non-hydrogen) atoms. The second kappa shape index (κ2) is 9.82. The average molecular weight is 397 g/mol. The molecule has 1 fully saturated rings. The number of benzene rings is 1. The van der Waals surface area contributed by atoms with E-state index in [1.54, 1.807) is 16.8 Å². The summed E-state index contributed by atoms with van der Waals surface area (Å²) in [7, 11) is 1.78. The van der Waals surface area contributed by atoms with Crippen molar-refractivity contribution < 1.29 is 23.5 Å². The molecule has 2 N–H and O–H groups in total. The Morgan fingerprint density at radius 1 is 1.29 bits per heavy atom. The van der Waals surface area contributed by atoms with Gasteiger partial charge in [0.05, 0.1) is 12.6 Å². The number of carbonyl (C=O) groups is 2. The van der Waals surface area contributed by atoms with Crippen molar-refractivity contribution in [2.75, 3.05) is 26.7 Å². The van der Waals surface area contributed by atoms with E-state index in [4.69, 9.17) is 5.11 Å². The number of amides is 2. The van der Waals surface area contributed by atoms with Crippen molar-refractivity contribution in [3.05, 3.63) is 35.4 Å². The van der Waals surface area contributed by atoms with Crippen LogP contribution in [0.1, 0.15) is 44.7 Å². The number of hydrogen-bond acceptors (Lipinski definition) is 3. The first-order chi connectivity index (χ1) is 13.2. The van der Waals surface area contributed by atoms with Crippen molar-refractivity contribution in [3.63, 3.8) is 0 Å². The van der Waals surface area contributed by atoms with Crippen LogP contribution in [0.25, 0.3) is 0 Å². The molecule has 2 atom stereocenters. The Morgan fingerprint density at radius 3 is 2.61 bits per heavy atom. The van der Waals surface area contributed by atoms with Gasteiger partial charge in [-0.25, -0.2) is 13.6 Å². The number of carboxylic acids is 1. The van der Waals surface area contributed by atoms with Gasteiger partial charge in [-0.05, 0) is 38.3 Å². The zero-order chi connectivity index (χ0) is 20.8. The number of aliphatic carboxylic acids is 1. The highest BCUT2D eigenvalue weighted by Crippen LogP contribution is 2.25. The zero-order valence-electron chi connectivity index (χ0n) is 16.6. The lowest BCUT2D eigenvalue weighted by molar-refractivity contribution is -0.138. The van der Waals surface area contributed by atoms with Crippen LogP contribution in [0.2, 0.25) is 0 Å². The van der Waals surface area contributed by atoms with Gasteiger partial charge in [0.2, 0.25) is 0 Å². The molecule has 1 aromatic rings. The standard InChI is InChI=1S/C20H29F2N3O3/c1-13(2)19(16-7-6-14(21)11-17(16)22)23-20(28)25-9-4-5-15(8-10-25)24(3)12-18(26)27/h6-7,11,13,15,19H,4-5,8-10,12H2,1-3H3,(H,23,28)(H,26,27). The molecule has 0 aromatic heterocycles. The predicted molar refractivity (Wildman–Crippen MR) is 102 cm³/mol. The van der Waals surface area contributed by atoms with Crippen LogP contribution in [0.3, 0.4) is 0 Å². The van der Waals surface area contributed by atoms with Crippen LogP contribution in [0.15, 0.2) is 18.2 Å². The Balaban J connectivity index is 2.03. The number of halogens is 2. The third-order valence-corrected chi connectivity index (χ3v) is 5.24. The summed E-state index contributed by atoms with van der Waals surface area (Å²) in [5, 5.41) is 11.8. The topological polar surface area (TPSA) is 72.9 Å². The highest BCUT2D eigenvalue weighted by molar-refractivity contribution is 5.75. The summed E-state index contributed by atoms with van der Waals surface area (Å²) >= 11 is 0. The van der Waals surface area contributed by atoms with E-state index in [-0.39, 0.29) is 30.1 Å². The van der Waals surface area contributed by atoms with Crippen LogP contribution in [0.5, 0.6) is 0 Å². The van der Waals surface area contributed by atoms with Crippen LogP contribution >= 0.6 is 0 Å². The van der Waals surface area contributed by atoms with E-state index in [1.165, 1.54) is 12.1 Å². The molecule has 6 nitrogen and oxygen atoms in total. The maximum atomic E-state index is 14.2. The number of carboxylic acid groups (broad SMARTS) is 1. The monoisotopic (exact) mass is 397 g/mol. The van der Waals surface area contributed by atoms with Gasteiger partial charge in [0.1, 0.15) is 11.6 Å². The van der Waals surface area contributed by atoms with Crippen molar-refractivity contribution in [1.82, 2.24) is 15.1 Å². The third-order valence-electron chi connectivity index (χ3n) is 5.24. The van der Waals surface area contributed by atoms with Crippen molar-refractivity contribution in [3.8, 4) is 0 Å². The number of urea groups is 1. The molecule has 8 heteroatoms. The van der Waals surface area contributed by atoms with Gasteiger partial charge < -0.3 is 15.3 Å². The number of carbonyl (C=O) groups excluding carboxylic acids is 1. The van der Waals surface area contributed by atoms with E-state index in [0.717, 1.165) is 18.9 Å². The number of nitrogens with zero attached hydrogens (tertiary/aromatic N) is 2. The molecule has 0 aliphatic carbocycles. The molecule has 0 radical (unpaired) electrons. The summed E-state index contributed by atoms with van der Waals surface area (Å²) < 4.78 is 27.4. The van der Waals surface area contributed by atoms with Gasteiger partial charge in [0.25, 0.3) is 0 Å². The smallest absolute Gasteiger partial charge is 0.317 e. The number of nitrogens with one attached hydrogen (secondary N) is 1. The minimum Gasteiger partial charge on any atom is -0.480 e. The summed E-state index contributed by atoms with van der Waals surface area (Å²) in [6.07, 6.45) is 2.25. The summed E-state index contributed by atoms with van der Waals surface area (Å²) in [4.78, 5) is 27.2. The van der Waals surface area contributed by atoms with Crippen molar-refractivity contribution in [1.29, 1.82) is 0 Å². The third kappa shape index (κ3) is 5.89. The lowest BCUT2D eigenvalue weighted by Gasteiger charge is -2.29. The lowest BCUT2D eigenvalue weighted by Crippen LogP contribution is -2.44. The lowest BCUT2D eigenvalue weighted by atomic mass is 9.95. The molecule has 2 rings (SSSR count). The Morgan fingerprint density at radius 2 is 2.00 bits per heavy atom. The number of likely N-dealkylation sites (N-methyl/N-ethyl adjacent to an activating group) is 1. The van der Waals surface area contributed by atoms with E-state index in [9.17, 15) is 18.4 Å². The number of rotatable bonds is 6. The first-order valence-corrected chi connectivity index (χ1v) is 9.61. The summed E-state index contributed by atoms with van der Waals surface area (Å²) in [6.45, 7) is 4.76. The SMILES string of the molecule is CC(C)C(NC(=O)N1CCCC(N(C)CC(=O)O)CC1)c1ccc(F)cc1F. The molecule has 1 aliphatic rings.